The zero-order valence-corrected chi connectivity index (χ0v) is 20.8. The first-order chi connectivity index (χ1) is 17.6. The predicted octanol–water partition coefficient (Wildman–Crippen LogP) is 3.47. The summed E-state index contributed by atoms with van der Waals surface area (Å²) in [6, 6.07) is 16.2. The largest absolute Gasteiger partial charge is 0.497 e. The second-order valence-electron chi connectivity index (χ2n) is 9.30. The molecule has 3 heterocycles. The van der Waals surface area contributed by atoms with E-state index in [4.69, 9.17) is 9.47 Å². The molecule has 1 aliphatic heterocycles. The van der Waals surface area contributed by atoms with E-state index in [1.807, 2.05) is 41.1 Å². The molecular weight excluding hydrogens is 456 g/mol. The lowest BCUT2D eigenvalue weighted by Gasteiger charge is -2.22. The van der Waals surface area contributed by atoms with Crippen molar-refractivity contribution in [2.75, 3.05) is 13.7 Å². The molecule has 0 bridgehead atoms. The van der Waals surface area contributed by atoms with E-state index in [1.54, 1.807) is 7.11 Å². The molecule has 9 nitrogen and oxygen atoms in total. The number of hydrogen-bond donors (Lipinski definition) is 1. The van der Waals surface area contributed by atoms with Crippen LogP contribution >= 0.6 is 0 Å². The van der Waals surface area contributed by atoms with Crippen LogP contribution in [0.1, 0.15) is 42.3 Å². The van der Waals surface area contributed by atoms with Gasteiger partial charge in [0.25, 0.3) is 5.56 Å². The summed E-state index contributed by atoms with van der Waals surface area (Å²) in [5.41, 5.74) is 3.83. The van der Waals surface area contributed by atoms with Crippen molar-refractivity contribution in [3.8, 4) is 5.75 Å². The maximum Gasteiger partial charge on any atom is 0.252 e. The SMILES string of the molecule is CCc1ccc2[nH]c(=O)c(CN(Cc3ccc(OC)cc3)Cc3nnnn3C[C@@H]3CCCO3)cc2c1. The normalized spacial score (nSPS) is 15.7. The number of aromatic amines is 1. The molecule has 0 radical (unpaired) electrons. The lowest BCUT2D eigenvalue weighted by atomic mass is 10.1. The van der Waals surface area contributed by atoms with Gasteiger partial charge in [-0.05, 0) is 76.5 Å². The molecule has 188 valence electrons. The number of aryl methyl sites for hydroxylation is 1. The smallest absolute Gasteiger partial charge is 0.252 e. The second kappa shape index (κ2) is 11.0. The van der Waals surface area contributed by atoms with E-state index in [0.29, 0.717) is 31.7 Å². The maximum atomic E-state index is 13.0. The van der Waals surface area contributed by atoms with Gasteiger partial charge in [0.05, 0.1) is 26.3 Å². The molecule has 1 saturated heterocycles. The molecule has 2 aromatic heterocycles. The zero-order chi connectivity index (χ0) is 24.9. The molecule has 0 unspecified atom stereocenters. The van der Waals surface area contributed by atoms with Gasteiger partial charge in [0.1, 0.15) is 5.75 Å². The summed E-state index contributed by atoms with van der Waals surface area (Å²) in [5, 5.41) is 13.5. The molecule has 2 aromatic carbocycles. The van der Waals surface area contributed by atoms with E-state index in [2.05, 4.69) is 44.5 Å². The summed E-state index contributed by atoms with van der Waals surface area (Å²) in [4.78, 5) is 18.2. The fourth-order valence-corrected chi connectivity index (χ4v) is 4.70. The molecular formula is C27H32N6O3. The molecule has 1 atom stereocenters. The molecule has 0 spiro atoms. The average Bonchev–Trinajstić information content (AvgIpc) is 3.57. The van der Waals surface area contributed by atoms with Crippen LogP contribution in [0.3, 0.4) is 0 Å². The number of nitrogens with one attached hydrogen (secondary N) is 1. The minimum atomic E-state index is -0.0783. The van der Waals surface area contributed by atoms with Crippen LogP contribution in [0.2, 0.25) is 0 Å². The van der Waals surface area contributed by atoms with Crippen LogP contribution < -0.4 is 10.3 Å². The monoisotopic (exact) mass is 488 g/mol. The summed E-state index contributed by atoms with van der Waals surface area (Å²) in [7, 11) is 1.66. The van der Waals surface area contributed by atoms with Crippen LogP contribution in [0.4, 0.5) is 0 Å². The molecule has 1 fully saturated rings. The Morgan fingerprint density at radius 1 is 1.11 bits per heavy atom. The van der Waals surface area contributed by atoms with Crippen molar-refractivity contribution in [1.29, 1.82) is 0 Å². The van der Waals surface area contributed by atoms with Gasteiger partial charge in [-0.1, -0.05) is 25.1 Å². The fourth-order valence-electron chi connectivity index (χ4n) is 4.70. The quantitative estimate of drug-likeness (QED) is 0.365. The number of nitrogens with zero attached hydrogens (tertiary/aromatic N) is 5. The van der Waals surface area contributed by atoms with Gasteiger partial charge in [-0.2, -0.15) is 0 Å². The summed E-state index contributed by atoms with van der Waals surface area (Å²) < 4.78 is 12.9. The van der Waals surface area contributed by atoms with Gasteiger partial charge in [0.15, 0.2) is 5.82 Å². The third kappa shape index (κ3) is 5.63. The predicted molar refractivity (Wildman–Crippen MR) is 137 cm³/mol. The number of tetrazole rings is 1. The number of ether oxygens (including phenoxy) is 2. The van der Waals surface area contributed by atoms with Gasteiger partial charge in [-0.25, -0.2) is 4.68 Å². The zero-order valence-electron chi connectivity index (χ0n) is 20.8. The maximum absolute atomic E-state index is 13.0. The highest BCUT2D eigenvalue weighted by molar-refractivity contribution is 5.79. The van der Waals surface area contributed by atoms with Crippen molar-refractivity contribution in [2.45, 2.75) is 58.5 Å². The van der Waals surface area contributed by atoms with Gasteiger partial charge in [0.2, 0.25) is 0 Å². The lowest BCUT2D eigenvalue weighted by Crippen LogP contribution is -2.29. The minimum Gasteiger partial charge on any atom is -0.497 e. The molecule has 5 rings (SSSR count). The summed E-state index contributed by atoms with van der Waals surface area (Å²) >= 11 is 0. The second-order valence-corrected chi connectivity index (χ2v) is 9.30. The van der Waals surface area contributed by atoms with Crippen LogP contribution in [0, 0.1) is 0 Å². The van der Waals surface area contributed by atoms with Crippen LogP contribution in [-0.4, -0.2) is 49.9 Å². The molecule has 1 N–H and O–H groups in total. The first-order valence-corrected chi connectivity index (χ1v) is 12.5. The highest BCUT2D eigenvalue weighted by Gasteiger charge is 2.21. The Kier molecular flexibility index (Phi) is 7.39. The van der Waals surface area contributed by atoms with Gasteiger partial charge in [-0.3, -0.25) is 9.69 Å². The number of methoxy groups -OCH3 is 1. The lowest BCUT2D eigenvalue weighted by molar-refractivity contribution is 0.0914. The fraction of sp³-hybridized carbons (Fsp3) is 0.407. The highest BCUT2D eigenvalue weighted by Crippen LogP contribution is 2.19. The standard InChI is InChI=1S/C27H32N6O3/c1-3-19-8-11-25-21(13-19)14-22(27(34)28-25)16-32(15-20-6-9-23(35-2)10-7-20)18-26-29-30-31-33(26)17-24-5-4-12-36-24/h6-11,13-14,24H,3-5,12,15-18H2,1-2H3,(H,28,34)/t24-/m0/s1. The Morgan fingerprint density at radius 3 is 2.69 bits per heavy atom. The molecule has 9 heteroatoms. The summed E-state index contributed by atoms with van der Waals surface area (Å²) in [6.07, 6.45) is 3.16. The number of rotatable bonds is 10. The molecule has 4 aromatic rings. The first-order valence-electron chi connectivity index (χ1n) is 12.5. The van der Waals surface area contributed by atoms with E-state index in [1.165, 1.54) is 5.56 Å². The number of H-pyrrole nitrogens is 1. The van der Waals surface area contributed by atoms with Crippen molar-refractivity contribution in [3.05, 3.63) is 81.4 Å². The van der Waals surface area contributed by atoms with Crippen molar-refractivity contribution in [2.24, 2.45) is 0 Å². The topological polar surface area (TPSA) is 98.2 Å². The number of hydrogen-bond acceptors (Lipinski definition) is 7. The van der Waals surface area contributed by atoms with E-state index in [9.17, 15) is 4.79 Å². The number of benzene rings is 2. The van der Waals surface area contributed by atoms with Crippen LogP contribution in [0.15, 0.2) is 53.3 Å². The van der Waals surface area contributed by atoms with Gasteiger partial charge >= 0.3 is 0 Å². The Balaban J connectivity index is 1.42. The Labute approximate surface area is 210 Å². The number of pyridine rings is 1. The van der Waals surface area contributed by atoms with Crippen LogP contribution in [0.25, 0.3) is 10.9 Å². The number of fused-ring (bicyclic) bond motifs is 1. The molecule has 1 aliphatic rings. The third-order valence-corrected chi connectivity index (χ3v) is 6.72. The Morgan fingerprint density at radius 2 is 1.94 bits per heavy atom. The van der Waals surface area contributed by atoms with Gasteiger partial charge < -0.3 is 14.5 Å². The van der Waals surface area contributed by atoms with Crippen molar-refractivity contribution in [1.82, 2.24) is 30.1 Å². The van der Waals surface area contributed by atoms with Crippen LogP contribution in [-0.2, 0) is 37.3 Å². The van der Waals surface area contributed by atoms with Gasteiger partial charge in [-0.15, -0.1) is 5.10 Å². The number of aromatic nitrogens is 5. The summed E-state index contributed by atoms with van der Waals surface area (Å²) in [6.45, 7) is 5.14. The average molecular weight is 489 g/mol. The Hall–Kier alpha value is -3.56. The first kappa shape index (κ1) is 24.1. The van der Waals surface area contributed by atoms with E-state index in [-0.39, 0.29) is 11.7 Å². The molecule has 0 amide bonds. The van der Waals surface area contributed by atoms with Crippen molar-refractivity contribution >= 4 is 10.9 Å². The molecule has 0 aliphatic carbocycles. The van der Waals surface area contributed by atoms with E-state index in [0.717, 1.165) is 53.9 Å². The molecule has 36 heavy (non-hydrogen) atoms. The minimum absolute atomic E-state index is 0.0783. The van der Waals surface area contributed by atoms with Crippen molar-refractivity contribution < 1.29 is 9.47 Å². The highest BCUT2D eigenvalue weighted by atomic mass is 16.5. The molecule has 0 saturated carbocycles. The van der Waals surface area contributed by atoms with Gasteiger partial charge in [0, 0.05) is 30.8 Å². The van der Waals surface area contributed by atoms with Crippen molar-refractivity contribution in [3.63, 3.8) is 0 Å². The summed E-state index contributed by atoms with van der Waals surface area (Å²) in [5.74, 6) is 1.56. The Bertz CT molecular complexity index is 1360. The van der Waals surface area contributed by atoms with E-state index < -0.39 is 0 Å². The van der Waals surface area contributed by atoms with E-state index >= 15 is 0 Å². The van der Waals surface area contributed by atoms with Crippen LogP contribution in [0.5, 0.6) is 5.75 Å². The third-order valence-electron chi connectivity index (χ3n) is 6.72.